The van der Waals surface area contributed by atoms with Crippen LogP contribution in [0.15, 0.2) is 0 Å². The molecule has 0 saturated carbocycles. The molecule has 0 heterocycles. The predicted molar refractivity (Wildman–Crippen MR) is 28.3 cm³/mol. The van der Waals surface area contributed by atoms with Crippen molar-refractivity contribution in [1.29, 1.82) is 0 Å². The fraction of sp³-hybridized carbons (Fsp3) is 1.00. The molecule has 0 atom stereocenters. The van der Waals surface area contributed by atoms with E-state index in [0.717, 1.165) is 6.61 Å². The molecule has 0 aliphatic heterocycles. The van der Waals surface area contributed by atoms with Gasteiger partial charge in [0.25, 0.3) is 0 Å². The van der Waals surface area contributed by atoms with Gasteiger partial charge in [0.1, 0.15) is 0 Å². The van der Waals surface area contributed by atoms with Gasteiger partial charge in [-0.2, -0.15) is 0 Å². The van der Waals surface area contributed by atoms with Gasteiger partial charge >= 0.3 is 0 Å². The molecule has 0 amide bonds. The Bertz CT molecular complexity index is 22.8. The summed E-state index contributed by atoms with van der Waals surface area (Å²) in [4.78, 5) is 7.31. The van der Waals surface area contributed by atoms with Gasteiger partial charge in [-0.15, -0.1) is 4.89 Å². The van der Waals surface area contributed by atoms with Crippen LogP contribution in [0.4, 0.5) is 0 Å². The normalized spacial score (nSPS) is 9.00. The topological polar surface area (TPSA) is 21.3 Å². The largest absolute Gasteiger partial charge is 0.292 e. The van der Waals surface area contributed by atoms with Gasteiger partial charge in [-0.25, -0.2) is 0 Å². The quantitative estimate of drug-likeness (QED) is 0.327. The summed E-state index contributed by atoms with van der Waals surface area (Å²) in [6, 6.07) is 0. The average molecular weight is 107 g/mol. The minimum atomic E-state index is 0.723. The van der Waals surface area contributed by atoms with Crippen molar-refractivity contribution in [1.82, 2.24) is 4.89 Å². The van der Waals surface area contributed by atoms with E-state index in [1.807, 2.05) is 13.2 Å². The molecule has 1 N–H and O–H groups in total. The Balaban J connectivity index is 2.34. The molecule has 0 aliphatic carbocycles. The fourth-order valence-electron chi connectivity index (χ4n) is 0.118. The summed E-state index contributed by atoms with van der Waals surface area (Å²) in [5.74, 6) is 0. The number of hydrogen-bond donors (Lipinski definition) is 1. The lowest BCUT2D eigenvalue weighted by Gasteiger charge is -1.93. The summed E-state index contributed by atoms with van der Waals surface area (Å²) in [6.45, 7) is 2.66. The first-order valence-electron chi connectivity index (χ1n) is 1.81. The van der Waals surface area contributed by atoms with Gasteiger partial charge < -0.3 is 0 Å². The molecule has 3 heteroatoms. The molecule has 0 fully saturated rings. The molecule has 0 aromatic heterocycles. The van der Waals surface area contributed by atoms with E-state index in [1.54, 1.807) is 0 Å². The molecule has 6 heavy (non-hydrogen) atoms. The lowest BCUT2D eigenvalue weighted by molar-refractivity contribution is 0.114. The van der Waals surface area contributed by atoms with Crippen LogP contribution in [0, 0.1) is 0 Å². The smallest absolute Gasteiger partial charge is 0.0664 e. The van der Waals surface area contributed by atoms with Gasteiger partial charge in [-0.05, 0) is 13.2 Å². The minimum absolute atomic E-state index is 0.723. The van der Waals surface area contributed by atoms with Crippen LogP contribution >= 0.6 is 11.9 Å². The van der Waals surface area contributed by atoms with Crippen molar-refractivity contribution in [2.24, 2.45) is 0 Å². The summed E-state index contributed by atoms with van der Waals surface area (Å²) in [5, 5.41) is 0. The molecule has 0 radical (unpaired) electrons. The second-order valence-electron chi connectivity index (χ2n) is 0.720. The highest BCUT2D eigenvalue weighted by atomic mass is 32.2. The molecular weight excluding hydrogens is 98.1 g/mol. The van der Waals surface area contributed by atoms with Crippen LogP contribution in [-0.4, -0.2) is 12.9 Å². The summed E-state index contributed by atoms with van der Waals surface area (Å²) < 4.78 is 0. The van der Waals surface area contributed by atoms with Gasteiger partial charge in [0.15, 0.2) is 0 Å². The van der Waals surface area contributed by atoms with Crippen LogP contribution in [0.1, 0.15) is 6.92 Å². The molecule has 0 spiro atoms. The van der Waals surface area contributed by atoms with E-state index in [9.17, 15) is 0 Å². The standard InChI is InChI=1S/C3H9NOS/c1-3-5-4-6-2/h4H,3H2,1-2H3. The third-order valence-electron chi connectivity index (χ3n) is 0.287. The van der Waals surface area contributed by atoms with E-state index in [-0.39, 0.29) is 0 Å². The maximum Gasteiger partial charge on any atom is 0.0664 e. The van der Waals surface area contributed by atoms with E-state index < -0.39 is 0 Å². The lowest BCUT2D eigenvalue weighted by Crippen LogP contribution is -2.01. The van der Waals surface area contributed by atoms with Gasteiger partial charge in [0, 0.05) is 0 Å². The Kier molecular flexibility index (Phi) is 5.51. The van der Waals surface area contributed by atoms with Crippen molar-refractivity contribution in [2.75, 3.05) is 12.9 Å². The predicted octanol–water partition coefficient (Wildman–Crippen LogP) is 0.806. The van der Waals surface area contributed by atoms with Crippen molar-refractivity contribution in [3.8, 4) is 0 Å². The fourth-order valence-corrected chi connectivity index (χ4v) is 0.354. The van der Waals surface area contributed by atoms with Gasteiger partial charge in [0.05, 0.1) is 6.61 Å². The van der Waals surface area contributed by atoms with Crippen molar-refractivity contribution in [2.45, 2.75) is 6.92 Å². The molecule has 0 saturated heterocycles. The zero-order chi connectivity index (χ0) is 4.83. The Morgan fingerprint density at radius 2 is 2.50 bits per heavy atom. The van der Waals surface area contributed by atoms with Crippen LogP contribution in [-0.2, 0) is 4.84 Å². The first-order valence-corrected chi connectivity index (χ1v) is 3.04. The SMILES string of the molecule is CCONSC. The number of nitrogens with one attached hydrogen (secondary N) is 1. The molecule has 2 nitrogen and oxygen atoms in total. The van der Waals surface area contributed by atoms with Gasteiger partial charge in [0.2, 0.25) is 0 Å². The zero-order valence-electron chi connectivity index (χ0n) is 4.02. The van der Waals surface area contributed by atoms with Crippen molar-refractivity contribution >= 4 is 11.9 Å². The highest BCUT2D eigenvalue weighted by Gasteiger charge is 1.69. The molecule has 38 valence electrons. The Morgan fingerprint density at radius 3 is 2.67 bits per heavy atom. The molecule has 0 aromatic rings. The molecular formula is C3H9NOS. The second-order valence-corrected chi connectivity index (χ2v) is 1.30. The summed E-state index contributed by atoms with van der Waals surface area (Å²) in [6.07, 6.45) is 1.91. The summed E-state index contributed by atoms with van der Waals surface area (Å²) in [7, 11) is 0. The first-order chi connectivity index (χ1) is 2.91. The second kappa shape index (κ2) is 5.27. The first kappa shape index (κ1) is 6.27. The van der Waals surface area contributed by atoms with Crippen LogP contribution in [0.3, 0.4) is 0 Å². The van der Waals surface area contributed by atoms with Crippen LogP contribution in [0.5, 0.6) is 0 Å². The zero-order valence-corrected chi connectivity index (χ0v) is 4.84. The third-order valence-corrected chi connectivity index (χ3v) is 0.571. The molecule has 0 aliphatic rings. The Hall–Kier alpha value is 0.270. The van der Waals surface area contributed by atoms with Crippen molar-refractivity contribution < 1.29 is 4.84 Å². The highest BCUT2D eigenvalue weighted by Crippen LogP contribution is 1.78. The lowest BCUT2D eigenvalue weighted by atomic mass is 10.9. The molecule has 0 unspecified atom stereocenters. The van der Waals surface area contributed by atoms with Gasteiger partial charge in [-0.1, -0.05) is 11.9 Å². The van der Waals surface area contributed by atoms with Crippen molar-refractivity contribution in [3.63, 3.8) is 0 Å². The average Bonchev–Trinajstić information content (AvgIpc) is 1.61. The van der Waals surface area contributed by atoms with Gasteiger partial charge in [-0.3, -0.25) is 4.84 Å². The van der Waals surface area contributed by atoms with Crippen molar-refractivity contribution in [3.05, 3.63) is 0 Å². The van der Waals surface area contributed by atoms with Crippen LogP contribution in [0.25, 0.3) is 0 Å². The summed E-state index contributed by atoms with van der Waals surface area (Å²) in [5.41, 5.74) is 0. The van der Waals surface area contributed by atoms with Crippen LogP contribution < -0.4 is 4.89 Å². The maximum absolute atomic E-state index is 4.70. The van der Waals surface area contributed by atoms with E-state index in [1.165, 1.54) is 11.9 Å². The number of hydrogen-bond acceptors (Lipinski definition) is 3. The van der Waals surface area contributed by atoms with E-state index in [2.05, 4.69) is 4.89 Å². The minimum Gasteiger partial charge on any atom is -0.292 e. The number of rotatable bonds is 3. The monoisotopic (exact) mass is 107 g/mol. The van der Waals surface area contributed by atoms with E-state index in [4.69, 9.17) is 4.84 Å². The summed E-state index contributed by atoms with van der Waals surface area (Å²) >= 11 is 1.45. The van der Waals surface area contributed by atoms with Crippen LogP contribution in [0.2, 0.25) is 0 Å². The molecule has 0 rings (SSSR count). The maximum atomic E-state index is 4.70. The Labute approximate surface area is 42.3 Å². The molecule has 0 aromatic carbocycles. The van der Waals surface area contributed by atoms with E-state index >= 15 is 0 Å². The highest BCUT2D eigenvalue weighted by molar-refractivity contribution is 7.96. The third kappa shape index (κ3) is 4.27. The van der Waals surface area contributed by atoms with E-state index in [0.29, 0.717) is 0 Å². The Morgan fingerprint density at radius 1 is 1.83 bits per heavy atom. The molecule has 0 bridgehead atoms.